The molecule has 0 radical (unpaired) electrons. The van der Waals surface area contributed by atoms with Crippen molar-refractivity contribution >= 4 is 17.8 Å². The Hall–Kier alpha value is -2.44. The summed E-state index contributed by atoms with van der Waals surface area (Å²) in [5.74, 6) is -0.276. The van der Waals surface area contributed by atoms with E-state index in [0.717, 1.165) is 37.7 Å². The van der Waals surface area contributed by atoms with Gasteiger partial charge in [0.25, 0.3) is 5.91 Å². The van der Waals surface area contributed by atoms with Crippen LogP contribution in [-0.4, -0.2) is 29.9 Å². The summed E-state index contributed by atoms with van der Waals surface area (Å²) in [5.41, 5.74) is -0.140. The van der Waals surface area contributed by atoms with Crippen LogP contribution in [0.25, 0.3) is 0 Å². The number of amides is 2. The third-order valence-electron chi connectivity index (χ3n) is 7.02. The summed E-state index contributed by atoms with van der Waals surface area (Å²) in [7, 11) is 0. The third kappa shape index (κ3) is 4.07. The summed E-state index contributed by atoms with van der Waals surface area (Å²) in [5, 5.41) is 5.91. The first-order chi connectivity index (χ1) is 14.2. The van der Waals surface area contributed by atoms with Crippen molar-refractivity contribution in [3.05, 3.63) is 35.6 Å². The van der Waals surface area contributed by atoms with Crippen LogP contribution in [0.4, 0.5) is 4.39 Å². The van der Waals surface area contributed by atoms with Gasteiger partial charge in [0, 0.05) is 12.5 Å². The lowest BCUT2D eigenvalue weighted by molar-refractivity contribution is -0.177. The number of rotatable bonds is 6. The fourth-order valence-corrected chi connectivity index (χ4v) is 6.42. The zero-order chi connectivity index (χ0) is 21.5. The van der Waals surface area contributed by atoms with E-state index in [-0.39, 0.29) is 41.8 Å². The summed E-state index contributed by atoms with van der Waals surface area (Å²) in [6.07, 6.45) is 5.10. The smallest absolute Gasteiger partial charge is 0.312 e. The lowest BCUT2D eigenvalue weighted by Gasteiger charge is -2.60. The van der Waals surface area contributed by atoms with Crippen molar-refractivity contribution < 1.29 is 23.5 Å². The second-order valence-corrected chi connectivity index (χ2v) is 9.62. The van der Waals surface area contributed by atoms with Crippen molar-refractivity contribution in [1.29, 1.82) is 0 Å². The number of nitrogens with one attached hydrogen (secondary N) is 2. The van der Waals surface area contributed by atoms with E-state index < -0.39 is 5.41 Å². The molecule has 2 N–H and O–H groups in total. The van der Waals surface area contributed by atoms with Gasteiger partial charge in [-0.05, 0) is 75.0 Å². The van der Waals surface area contributed by atoms with Crippen LogP contribution >= 0.6 is 0 Å². The first kappa shape index (κ1) is 20.8. The van der Waals surface area contributed by atoms with Crippen molar-refractivity contribution in [2.75, 3.05) is 6.61 Å². The summed E-state index contributed by atoms with van der Waals surface area (Å²) in [6.45, 7) is 2.98. The van der Waals surface area contributed by atoms with Crippen molar-refractivity contribution in [3.63, 3.8) is 0 Å². The molecule has 4 saturated carbocycles. The molecule has 7 heteroatoms. The molecule has 0 aliphatic heterocycles. The fourth-order valence-electron chi connectivity index (χ4n) is 6.42. The molecule has 5 rings (SSSR count). The van der Waals surface area contributed by atoms with E-state index in [4.69, 9.17) is 4.74 Å². The van der Waals surface area contributed by atoms with Crippen LogP contribution in [0.2, 0.25) is 0 Å². The monoisotopic (exact) mass is 416 g/mol. The maximum Gasteiger partial charge on any atom is 0.312 e. The van der Waals surface area contributed by atoms with Crippen molar-refractivity contribution in [3.8, 4) is 0 Å². The lowest BCUT2D eigenvalue weighted by atomic mass is 9.47. The van der Waals surface area contributed by atoms with Crippen molar-refractivity contribution in [2.24, 2.45) is 17.3 Å². The van der Waals surface area contributed by atoms with Gasteiger partial charge in [0.15, 0.2) is 6.61 Å². The average Bonchev–Trinajstić information content (AvgIpc) is 2.64. The summed E-state index contributed by atoms with van der Waals surface area (Å²) in [6, 6.07) is 5.60. The maximum atomic E-state index is 13.1. The molecule has 4 fully saturated rings. The number of carbonyl (C=O) groups excluding carboxylic acids is 3. The standard InChI is InChI=1S/C23H29FN2O4/c1-14(18-3-5-19(24)6-4-18)25-20(28)12-30-21(29)22-8-16-7-17(9-22)11-23(10-16,13-22)26-15(2)27/h3-6,14,16-17H,7-13H2,1-2H3,(H,25,28)(H,26,27)/t14-,16-,17+,22?,23?/m0/s1. The first-order valence-corrected chi connectivity index (χ1v) is 10.7. The molecule has 0 spiro atoms. The van der Waals surface area contributed by atoms with E-state index in [1.54, 1.807) is 19.1 Å². The van der Waals surface area contributed by atoms with Gasteiger partial charge in [-0.25, -0.2) is 4.39 Å². The maximum absolute atomic E-state index is 13.1. The summed E-state index contributed by atoms with van der Waals surface area (Å²) < 4.78 is 18.5. The predicted molar refractivity (Wildman–Crippen MR) is 108 cm³/mol. The van der Waals surface area contributed by atoms with Crippen LogP contribution in [0, 0.1) is 23.1 Å². The van der Waals surface area contributed by atoms with Gasteiger partial charge in [0.05, 0.1) is 11.5 Å². The molecular formula is C23H29FN2O4. The molecule has 1 aromatic carbocycles. The third-order valence-corrected chi connectivity index (χ3v) is 7.02. The molecule has 2 unspecified atom stereocenters. The molecule has 162 valence electrons. The molecule has 2 amide bonds. The van der Waals surface area contributed by atoms with Gasteiger partial charge in [-0.3, -0.25) is 14.4 Å². The van der Waals surface area contributed by atoms with E-state index in [1.165, 1.54) is 19.1 Å². The summed E-state index contributed by atoms with van der Waals surface area (Å²) >= 11 is 0. The van der Waals surface area contributed by atoms with Crippen LogP contribution in [0.1, 0.15) is 64.0 Å². The Balaban J connectivity index is 1.36. The number of benzene rings is 1. The Labute approximate surface area is 175 Å². The van der Waals surface area contributed by atoms with Gasteiger partial charge in [0.1, 0.15) is 5.82 Å². The molecule has 5 atom stereocenters. The highest BCUT2D eigenvalue weighted by Gasteiger charge is 2.61. The van der Waals surface area contributed by atoms with Crippen LogP contribution in [-0.2, 0) is 19.1 Å². The highest BCUT2D eigenvalue weighted by atomic mass is 19.1. The van der Waals surface area contributed by atoms with E-state index in [2.05, 4.69) is 10.6 Å². The predicted octanol–water partition coefficient (Wildman–Crippen LogP) is 3.02. The Bertz CT molecular complexity index is 839. The normalized spacial score (nSPS) is 32.4. The number of ether oxygens (including phenoxy) is 1. The van der Waals surface area contributed by atoms with E-state index >= 15 is 0 Å². The Morgan fingerprint density at radius 1 is 1.13 bits per heavy atom. The molecular weight excluding hydrogens is 387 g/mol. The average molecular weight is 416 g/mol. The molecule has 0 aromatic heterocycles. The van der Waals surface area contributed by atoms with Crippen LogP contribution in [0.5, 0.6) is 0 Å². The molecule has 4 bridgehead atoms. The van der Waals surface area contributed by atoms with Gasteiger partial charge in [-0.2, -0.15) is 0 Å². The van der Waals surface area contributed by atoms with Crippen LogP contribution < -0.4 is 10.6 Å². The minimum absolute atomic E-state index is 0.0605. The molecule has 0 heterocycles. The summed E-state index contributed by atoms with van der Waals surface area (Å²) in [4.78, 5) is 37.1. The van der Waals surface area contributed by atoms with Crippen molar-refractivity contribution in [1.82, 2.24) is 10.6 Å². The van der Waals surface area contributed by atoms with Gasteiger partial charge < -0.3 is 15.4 Å². The van der Waals surface area contributed by atoms with Crippen molar-refractivity contribution in [2.45, 2.75) is 64.0 Å². The van der Waals surface area contributed by atoms with Crippen LogP contribution in [0.3, 0.4) is 0 Å². The van der Waals surface area contributed by atoms with E-state index in [9.17, 15) is 18.8 Å². The zero-order valence-corrected chi connectivity index (χ0v) is 17.5. The Kier molecular flexibility index (Phi) is 5.32. The Morgan fingerprint density at radius 3 is 2.37 bits per heavy atom. The molecule has 0 saturated heterocycles. The largest absolute Gasteiger partial charge is 0.455 e. The van der Waals surface area contributed by atoms with Gasteiger partial charge in [-0.1, -0.05) is 12.1 Å². The molecule has 6 nitrogen and oxygen atoms in total. The van der Waals surface area contributed by atoms with Gasteiger partial charge in [0.2, 0.25) is 5.91 Å². The minimum atomic E-state index is -0.602. The number of halogens is 1. The number of carbonyl (C=O) groups is 3. The first-order valence-electron chi connectivity index (χ1n) is 10.7. The number of hydrogen-bond acceptors (Lipinski definition) is 4. The SMILES string of the molecule is CC(=O)NC12C[C@H]3C[C@@H](C1)CC(C(=O)OCC(=O)N[C@@H](C)c1ccc(F)cc1)(C3)C2. The van der Waals surface area contributed by atoms with Gasteiger partial charge in [-0.15, -0.1) is 0 Å². The Morgan fingerprint density at radius 2 is 1.77 bits per heavy atom. The second-order valence-electron chi connectivity index (χ2n) is 9.62. The van der Waals surface area contributed by atoms with E-state index in [0.29, 0.717) is 18.3 Å². The zero-order valence-electron chi connectivity index (χ0n) is 17.5. The minimum Gasteiger partial charge on any atom is -0.455 e. The quantitative estimate of drug-likeness (QED) is 0.698. The molecule has 4 aliphatic rings. The fraction of sp³-hybridized carbons (Fsp3) is 0.609. The number of esters is 1. The molecule has 30 heavy (non-hydrogen) atoms. The molecule has 4 aliphatic carbocycles. The lowest BCUT2D eigenvalue weighted by Crippen LogP contribution is -2.64. The molecule has 1 aromatic rings. The van der Waals surface area contributed by atoms with E-state index in [1.807, 2.05) is 0 Å². The van der Waals surface area contributed by atoms with Crippen LogP contribution in [0.15, 0.2) is 24.3 Å². The topological polar surface area (TPSA) is 84.5 Å². The second kappa shape index (κ2) is 7.67. The highest BCUT2D eigenvalue weighted by molar-refractivity contribution is 5.83. The van der Waals surface area contributed by atoms with Gasteiger partial charge >= 0.3 is 5.97 Å². The highest BCUT2D eigenvalue weighted by Crippen LogP contribution is 2.62. The number of hydrogen-bond donors (Lipinski definition) is 2.